The molecule has 4 nitrogen and oxygen atoms in total. The zero-order valence-electron chi connectivity index (χ0n) is 25.3. The van der Waals surface area contributed by atoms with Gasteiger partial charge in [-0.1, -0.05) is 0 Å². The minimum Gasteiger partial charge on any atom is -0.497 e. The second kappa shape index (κ2) is 14.1. The summed E-state index contributed by atoms with van der Waals surface area (Å²) in [4.78, 5) is 0. The molecule has 0 aliphatic rings. The molecular formula is C28H12BF16LiO4. The van der Waals surface area contributed by atoms with E-state index in [1.54, 1.807) is 0 Å². The van der Waals surface area contributed by atoms with Crippen LogP contribution in [0.25, 0.3) is 0 Å². The van der Waals surface area contributed by atoms with E-state index < -0.39 is 144 Å². The molecule has 0 aliphatic carbocycles. The third kappa shape index (κ3) is 5.19. The maximum Gasteiger partial charge on any atom is 1.00 e. The minimum absolute atomic E-state index is 0. The third-order valence-electron chi connectivity index (χ3n) is 7.58. The maximum absolute atomic E-state index is 16.3. The Balaban J connectivity index is 0.00000676. The van der Waals surface area contributed by atoms with Gasteiger partial charge in [0.1, 0.15) is 52.4 Å². The van der Waals surface area contributed by atoms with Crippen molar-refractivity contribution in [2.45, 2.75) is 0 Å². The van der Waals surface area contributed by atoms with Crippen LogP contribution in [0.2, 0.25) is 0 Å². The van der Waals surface area contributed by atoms with Crippen LogP contribution in [0, 0.1) is 93.1 Å². The smallest absolute Gasteiger partial charge is 0.497 e. The molecule has 0 atom stereocenters. The SMILES string of the molecule is COc1c(F)c(F)c(F)c(F)c1[B-](c1c(F)c(F)c(F)c(F)c1OC)(c1c(F)c(F)c(F)c(F)c1OC)c1c(F)c(F)c(F)c(F)c1OC.[Li+]. The summed E-state index contributed by atoms with van der Waals surface area (Å²) in [7, 11) is 0.880. The van der Waals surface area contributed by atoms with Gasteiger partial charge in [0.25, 0.3) is 0 Å². The number of hydrogen-bond donors (Lipinski definition) is 0. The van der Waals surface area contributed by atoms with Gasteiger partial charge in [0, 0.05) is 0 Å². The van der Waals surface area contributed by atoms with E-state index >= 15 is 52.7 Å². The Morgan fingerprint density at radius 2 is 0.400 bits per heavy atom. The van der Waals surface area contributed by atoms with Crippen molar-refractivity contribution in [3.05, 3.63) is 93.1 Å². The summed E-state index contributed by atoms with van der Waals surface area (Å²) in [5.74, 6) is -56.6. The van der Waals surface area contributed by atoms with Crippen LogP contribution >= 0.6 is 0 Å². The molecule has 0 radical (unpaired) electrons. The summed E-state index contributed by atoms with van der Waals surface area (Å²) in [5.41, 5.74) is -10.4. The summed E-state index contributed by atoms with van der Waals surface area (Å²) in [6, 6.07) is 0. The van der Waals surface area contributed by atoms with Crippen molar-refractivity contribution in [3.63, 3.8) is 0 Å². The normalized spacial score (nSPS) is 11.4. The van der Waals surface area contributed by atoms with Crippen LogP contribution in [0.3, 0.4) is 0 Å². The van der Waals surface area contributed by atoms with Crippen LogP contribution in [0.5, 0.6) is 23.0 Å². The van der Waals surface area contributed by atoms with Crippen LogP contribution in [0.15, 0.2) is 0 Å². The van der Waals surface area contributed by atoms with E-state index in [0.717, 1.165) is 0 Å². The molecule has 0 aromatic heterocycles. The molecular weight excluding hydrogens is 722 g/mol. The zero-order chi connectivity index (χ0) is 37.2. The number of hydrogen-bond acceptors (Lipinski definition) is 4. The van der Waals surface area contributed by atoms with Gasteiger partial charge in [-0.05, 0) is 0 Å². The van der Waals surface area contributed by atoms with Gasteiger partial charge in [-0.2, -0.15) is 17.6 Å². The molecule has 0 aliphatic heterocycles. The van der Waals surface area contributed by atoms with E-state index in [9.17, 15) is 17.6 Å². The first kappa shape index (κ1) is 40.1. The summed E-state index contributed by atoms with van der Waals surface area (Å²) in [6.45, 7) is 0. The van der Waals surface area contributed by atoms with Crippen molar-refractivity contribution in [1.82, 2.24) is 0 Å². The van der Waals surface area contributed by atoms with Gasteiger partial charge in [-0.15, -0.1) is 21.9 Å². The largest absolute Gasteiger partial charge is 1.00 e. The number of halogens is 16. The molecule has 4 rings (SSSR count). The third-order valence-corrected chi connectivity index (χ3v) is 7.58. The van der Waals surface area contributed by atoms with Gasteiger partial charge in [0.05, 0.1) is 28.4 Å². The van der Waals surface area contributed by atoms with E-state index in [1.807, 2.05) is 0 Å². The van der Waals surface area contributed by atoms with Crippen molar-refractivity contribution in [2.24, 2.45) is 0 Å². The van der Waals surface area contributed by atoms with Gasteiger partial charge >= 0.3 is 18.9 Å². The van der Waals surface area contributed by atoms with Gasteiger partial charge in [0.2, 0.25) is 46.5 Å². The fourth-order valence-corrected chi connectivity index (χ4v) is 5.73. The van der Waals surface area contributed by atoms with Crippen LogP contribution < -0.4 is 59.7 Å². The molecule has 0 saturated carbocycles. The Hall–Kier alpha value is -4.38. The second-order valence-electron chi connectivity index (χ2n) is 9.68. The van der Waals surface area contributed by atoms with E-state index in [-0.39, 0.29) is 47.3 Å². The molecule has 50 heavy (non-hydrogen) atoms. The molecule has 4 aromatic carbocycles. The predicted molar refractivity (Wildman–Crippen MR) is 136 cm³/mol. The summed E-state index contributed by atoms with van der Waals surface area (Å²) in [5, 5.41) is 0. The summed E-state index contributed by atoms with van der Waals surface area (Å²) < 4.78 is 263. The predicted octanol–water partition coefficient (Wildman–Crippen LogP) is 2.33. The molecule has 0 unspecified atom stereocenters. The number of benzene rings is 4. The monoisotopic (exact) mass is 734 g/mol. The Bertz CT molecular complexity index is 1770. The van der Waals surface area contributed by atoms with Crippen LogP contribution in [0.1, 0.15) is 0 Å². The van der Waals surface area contributed by atoms with Gasteiger partial charge in [0.15, 0.2) is 23.3 Å². The molecule has 0 saturated heterocycles. The summed E-state index contributed by atoms with van der Waals surface area (Å²) >= 11 is 0. The Morgan fingerprint density at radius 1 is 0.260 bits per heavy atom. The van der Waals surface area contributed by atoms with Crippen molar-refractivity contribution in [1.29, 1.82) is 0 Å². The van der Waals surface area contributed by atoms with Crippen molar-refractivity contribution >= 4 is 28.0 Å². The molecule has 22 heteroatoms. The zero-order valence-corrected chi connectivity index (χ0v) is 25.3. The Labute approximate surface area is 280 Å². The Morgan fingerprint density at radius 3 is 0.540 bits per heavy atom. The molecule has 0 fully saturated rings. The van der Waals surface area contributed by atoms with Gasteiger partial charge in [-0.25, -0.2) is 52.7 Å². The number of methoxy groups -OCH3 is 4. The van der Waals surface area contributed by atoms with E-state index in [2.05, 4.69) is 18.9 Å². The maximum atomic E-state index is 16.3. The molecule has 0 bridgehead atoms. The Kier molecular flexibility index (Phi) is 11.3. The molecule has 4 aromatic rings. The van der Waals surface area contributed by atoms with E-state index in [0.29, 0.717) is 0 Å². The fourth-order valence-electron chi connectivity index (χ4n) is 5.73. The minimum atomic E-state index is -6.25. The fraction of sp³-hybridized carbons (Fsp3) is 0.143. The second-order valence-corrected chi connectivity index (χ2v) is 9.68. The first-order valence-corrected chi connectivity index (χ1v) is 12.6. The molecule has 0 N–H and O–H groups in total. The molecule has 264 valence electrons. The first-order chi connectivity index (χ1) is 22.9. The quantitative estimate of drug-likeness (QED) is 0.121. The van der Waals surface area contributed by atoms with Gasteiger partial charge < -0.3 is 18.9 Å². The average Bonchev–Trinajstić information content (AvgIpc) is 3.09. The van der Waals surface area contributed by atoms with E-state index in [4.69, 9.17) is 0 Å². The first-order valence-electron chi connectivity index (χ1n) is 12.6. The molecule has 0 amide bonds. The summed E-state index contributed by atoms with van der Waals surface area (Å²) in [6.07, 6.45) is -6.25. The topological polar surface area (TPSA) is 36.9 Å². The van der Waals surface area contributed by atoms with Gasteiger partial charge in [-0.3, -0.25) is 0 Å². The van der Waals surface area contributed by atoms with Crippen LogP contribution in [-0.2, 0) is 0 Å². The van der Waals surface area contributed by atoms with Crippen molar-refractivity contribution in [2.75, 3.05) is 28.4 Å². The standard InChI is InChI=1S/C28H12BF16O4.Li/c1-46-25-5(9(30)13(34)17(38)21(25)42)29(6-10(31)14(35)18(39)22(43)26(6)47-2,7-11(32)15(36)19(40)23(44)27(7)48-3)8-12(33)16(37)20(41)24(45)28(8)49-4;/h1-4H3;/q-1;+1. The number of rotatable bonds is 8. The van der Waals surface area contributed by atoms with Crippen LogP contribution in [-0.4, -0.2) is 34.6 Å². The van der Waals surface area contributed by atoms with Crippen LogP contribution in [0.4, 0.5) is 70.2 Å². The van der Waals surface area contributed by atoms with Crippen molar-refractivity contribution < 1.29 is 108 Å². The molecule has 0 heterocycles. The number of ether oxygens (including phenoxy) is 4. The average molecular weight is 734 g/mol. The van der Waals surface area contributed by atoms with E-state index in [1.165, 1.54) is 0 Å². The molecule has 0 spiro atoms. The van der Waals surface area contributed by atoms with Crippen molar-refractivity contribution in [3.8, 4) is 23.0 Å².